The van der Waals surface area contributed by atoms with Gasteiger partial charge >= 0.3 is 0 Å². The molecule has 0 aliphatic carbocycles. The second-order valence-electron chi connectivity index (χ2n) is 5.13. The molecule has 0 aliphatic rings. The lowest BCUT2D eigenvalue weighted by atomic mass is 10.3. The molecule has 3 aromatic heterocycles. The monoisotopic (exact) mass is 313 g/mol. The average molecular weight is 313 g/mol. The summed E-state index contributed by atoms with van der Waals surface area (Å²) in [4.78, 5) is 35.0. The van der Waals surface area contributed by atoms with Crippen molar-refractivity contribution in [1.29, 1.82) is 0 Å². The van der Waals surface area contributed by atoms with Gasteiger partial charge in [0.05, 0.1) is 6.10 Å². The van der Waals surface area contributed by atoms with Crippen LogP contribution in [0.2, 0.25) is 0 Å². The van der Waals surface area contributed by atoms with Crippen molar-refractivity contribution in [3.05, 3.63) is 52.8 Å². The van der Waals surface area contributed by atoms with Crippen LogP contribution in [0, 0.1) is 0 Å². The summed E-state index contributed by atoms with van der Waals surface area (Å²) in [5, 5.41) is 2.56. The van der Waals surface area contributed by atoms with Crippen molar-refractivity contribution in [2.45, 2.75) is 20.0 Å². The summed E-state index contributed by atoms with van der Waals surface area (Å²) in [6.45, 7) is 3.67. The highest BCUT2D eigenvalue weighted by Crippen LogP contribution is 2.19. The van der Waals surface area contributed by atoms with E-state index in [4.69, 9.17) is 4.74 Å². The number of ether oxygens (including phenoxy) is 1. The Morgan fingerprint density at radius 1 is 1.43 bits per heavy atom. The van der Waals surface area contributed by atoms with Crippen molar-refractivity contribution in [2.75, 3.05) is 5.32 Å². The van der Waals surface area contributed by atoms with Crippen LogP contribution in [0.25, 0.3) is 5.78 Å². The third-order valence-electron chi connectivity index (χ3n) is 3.01. The fourth-order valence-electron chi connectivity index (χ4n) is 2.02. The molecular formula is C15H15N5O3. The number of pyridine rings is 1. The molecule has 0 aliphatic heterocycles. The van der Waals surface area contributed by atoms with E-state index in [0.717, 1.165) is 0 Å². The zero-order valence-electron chi connectivity index (χ0n) is 12.6. The SMILES string of the molecule is CC(C)Oc1nc2nccn2cc1C(=O)Nc1ccc[nH]c1=O. The summed E-state index contributed by atoms with van der Waals surface area (Å²) >= 11 is 0. The van der Waals surface area contributed by atoms with Crippen LogP contribution in [0.5, 0.6) is 5.88 Å². The number of imidazole rings is 1. The van der Waals surface area contributed by atoms with Gasteiger partial charge in [0.1, 0.15) is 11.3 Å². The van der Waals surface area contributed by atoms with Gasteiger partial charge in [-0.3, -0.25) is 14.0 Å². The van der Waals surface area contributed by atoms with Crippen LogP contribution in [0.4, 0.5) is 5.69 Å². The van der Waals surface area contributed by atoms with E-state index >= 15 is 0 Å². The highest BCUT2D eigenvalue weighted by molar-refractivity contribution is 6.05. The molecule has 0 fully saturated rings. The predicted molar refractivity (Wildman–Crippen MR) is 83.8 cm³/mol. The molecule has 3 aromatic rings. The molecule has 1 amide bonds. The molecule has 0 aromatic carbocycles. The summed E-state index contributed by atoms with van der Waals surface area (Å²) in [6.07, 6.45) is 6.15. The maximum atomic E-state index is 12.5. The number of nitrogens with zero attached hydrogens (tertiary/aromatic N) is 3. The molecule has 0 saturated carbocycles. The number of hydrogen-bond donors (Lipinski definition) is 2. The Balaban J connectivity index is 2.01. The number of hydrogen-bond acceptors (Lipinski definition) is 5. The molecule has 8 heteroatoms. The van der Waals surface area contributed by atoms with Crippen molar-refractivity contribution < 1.29 is 9.53 Å². The minimum Gasteiger partial charge on any atom is -0.474 e. The lowest BCUT2D eigenvalue weighted by molar-refractivity contribution is 0.101. The first-order chi connectivity index (χ1) is 11.0. The van der Waals surface area contributed by atoms with E-state index in [0.29, 0.717) is 5.78 Å². The van der Waals surface area contributed by atoms with Crippen molar-refractivity contribution >= 4 is 17.4 Å². The van der Waals surface area contributed by atoms with Gasteiger partial charge in [-0.2, -0.15) is 4.98 Å². The Morgan fingerprint density at radius 2 is 2.26 bits per heavy atom. The Bertz CT molecular complexity index is 913. The number of fused-ring (bicyclic) bond motifs is 1. The van der Waals surface area contributed by atoms with Crippen LogP contribution in [-0.4, -0.2) is 31.4 Å². The summed E-state index contributed by atoms with van der Waals surface area (Å²) in [6, 6.07) is 3.14. The second-order valence-corrected chi connectivity index (χ2v) is 5.13. The lowest BCUT2D eigenvalue weighted by Gasteiger charge is -2.13. The summed E-state index contributed by atoms with van der Waals surface area (Å²) in [7, 11) is 0. The van der Waals surface area contributed by atoms with Crippen LogP contribution in [0.1, 0.15) is 24.2 Å². The molecule has 0 bridgehead atoms. The van der Waals surface area contributed by atoms with E-state index < -0.39 is 5.91 Å². The number of aromatic amines is 1. The van der Waals surface area contributed by atoms with Crippen LogP contribution >= 0.6 is 0 Å². The van der Waals surface area contributed by atoms with Gasteiger partial charge in [0, 0.05) is 24.8 Å². The Hall–Kier alpha value is -3.16. The minimum absolute atomic E-state index is 0.152. The standard InChI is InChI=1S/C15H15N5O3/c1-9(2)23-14-10(8-20-7-6-17-15(20)19-14)12(21)18-11-4-3-5-16-13(11)22/h3-9H,1-2H3,(H,16,22)(H,18,21). The third-order valence-corrected chi connectivity index (χ3v) is 3.01. The van der Waals surface area contributed by atoms with E-state index in [2.05, 4.69) is 20.3 Å². The van der Waals surface area contributed by atoms with Gasteiger partial charge in [-0.25, -0.2) is 4.98 Å². The maximum Gasteiger partial charge on any atom is 0.271 e. The molecule has 0 unspecified atom stereocenters. The lowest BCUT2D eigenvalue weighted by Crippen LogP contribution is -2.21. The molecule has 3 rings (SSSR count). The number of nitrogens with one attached hydrogen (secondary N) is 2. The fraction of sp³-hybridized carbons (Fsp3) is 0.200. The van der Waals surface area contributed by atoms with Crippen LogP contribution < -0.4 is 15.6 Å². The highest BCUT2D eigenvalue weighted by Gasteiger charge is 2.18. The molecule has 23 heavy (non-hydrogen) atoms. The number of amides is 1. The Labute approximate surface area is 131 Å². The first-order valence-electron chi connectivity index (χ1n) is 7.04. The van der Waals surface area contributed by atoms with E-state index in [1.54, 1.807) is 29.1 Å². The van der Waals surface area contributed by atoms with E-state index in [9.17, 15) is 9.59 Å². The van der Waals surface area contributed by atoms with Gasteiger partial charge in [-0.1, -0.05) is 0 Å². The molecule has 0 saturated heterocycles. The first kappa shape index (κ1) is 14.8. The van der Waals surface area contributed by atoms with Gasteiger partial charge < -0.3 is 15.0 Å². The van der Waals surface area contributed by atoms with Crippen molar-refractivity contribution in [3.63, 3.8) is 0 Å². The normalized spacial score (nSPS) is 10.9. The number of anilines is 1. The number of carbonyl (C=O) groups excluding carboxylic acids is 1. The number of rotatable bonds is 4. The number of aromatic nitrogens is 4. The summed E-state index contributed by atoms with van der Waals surface area (Å²) < 4.78 is 7.21. The molecule has 0 spiro atoms. The highest BCUT2D eigenvalue weighted by atomic mass is 16.5. The predicted octanol–water partition coefficient (Wildman–Crippen LogP) is 1.46. The molecular weight excluding hydrogens is 298 g/mol. The van der Waals surface area contributed by atoms with Crippen LogP contribution in [0.3, 0.4) is 0 Å². The van der Waals surface area contributed by atoms with Gasteiger partial charge in [-0.05, 0) is 26.0 Å². The second kappa shape index (κ2) is 5.91. The van der Waals surface area contributed by atoms with Gasteiger partial charge in [0.15, 0.2) is 0 Å². The van der Waals surface area contributed by atoms with Crippen molar-refractivity contribution in [2.24, 2.45) is 0 Å². The summed E-state index contributed by atoms with van der Waals surface area (Å²) in [5.41, 5.74) is -0.0185. The van der Waals surface area contributed by atoms with Gasteiger partial charge in [0.2, 0.25) is 11.7 Å². The molecule has 0 atom stereocenters. The van der Waals surface area contributed by atoms with Crippen molar-refractivity contribution in [1.82, 2.24) is 19.4 Å². The topological polar surface area (TPSA) is 101 Å². The molecule has 0 radical (unpaired) electrons. The van der Waals surface area contributed by atoms with Gasteiger partial charge in [0.25, 0.3) is 11.5 Å². The Morgan fingerprint density at radius 3 is 3.00 bits per heavy atom. The Kier molecular flexibility index (Phi) is 3.80. The van der Waals surface area contributed by atoms with Crippen LogP contribution in [0.15, 0.2) is 41.7 Å². The molecule has 118 valence electrons. The molecule has 2 N–H and O–H groups in total. The zero-order valence-corrected chi connectivity index (χ0v) is 12.6. The zero-order chi connectivity index (χ0) is 16.4. The average Bonchev–Trinajstić information content (AvgIpc) is 2.95. The number of H-pyrrole nitrogens is 1. The van der Waals surface area contributed by atoms with Crippen LogP contribution in [-0.2, 0) is 0 Å². The number of carbonyl (C=O) groups is 1. The smallest absolute Gasteiger partial charge is 0.271 e. The molecule has 3 heterocycles. The van der Waals surface area contributed by atoms with E-state index in [1.165, 1.54) is 12.3 Å². The fourth-order valence-corrected chi connectivity index (χ4v) is 2.02. The quantitative estimate of drug-likeness (QED) is 0.759. The largest absolute Gasteiger partial charge is 0.474 e. The first-order valence-corrected chi connectivity index (χ1v) is 7.04. The maximum absolute atomic E-state index is 12.5. The summed E-state index contributed by atoms with van der Waals surface area (Å²) in [5.74, 6) is 0.110. The van der Waals surface area contributed by atoms with E-state index in [1.807, 2.05) is 13.8 Å². The van der Waals surface area contributed by atoms with Crippen molar-refractivity contribution in [3.8, 4) is 5.88 Å². The van der Waals surface area contributed by atoms with E-state index in [-0.39, 0.29) is 28.8 Å². The molecule has 8 nitrogen and oxygen atoms in total. The van der Waals surface area contributed by atoms with Gasteiger partial charge in [-0.15, -0.1) is 0 Å². The third kappa shape index (κ3) is 3.05. The minimum atomic E-state index is -0.486.